The zero-order valence-electron chi connectivity index (χ0n) is 15.9. The van der Waals surface area contributed by atoms with Crippen LogP contribution in [-0.2, 0) is 16.0 Å². The van der Waals surface area contributed by atoms with Crippen LogP contribution in [0.25, 0.3) is 10.9 Å². The average Bonchev–Trinajstić information content (AvgIpc) is 3.23. The summed E-state index contributed by atoms with van der Waals surface area (Å²) in [5.41, 5.74) is 2.22. The Bertz CT molecular complexity index is 885. The lowest BCUT2D eigenvalue weighted by Crippen LogP contribution is -2.42. The monoisotopic (exact) mass is 382 g/mol. The molecule has 1 atom stereocenters. The van der Waals surface area contributed by atoms with Crippen molar-refractivity contribution in [3.05, 3.63) is 36.0 Å². The van der Waals surface area contributed by atoms with Crippen LogP contribution in [0.5, 0.6) is 0 Å². The van der Waals surface area contributed by atoms with Crippen molar-refractivity contribution in [1.82, 2.24) is 20.5 Å². The van der Waals surface area contributed by atoms with E-state index in [1.54, 1.807) is 0 Å². The van der Waals surface area contributed by atoms with Crippen LogP contribution in [0.4, 0.5) is 4.79 Å². The Labute approximate surface area is 163 Å². The first-order valence-corrected chi connectivity index (χ1v) is 10.1. The van der Waals surface area contributed by atoms with E-state index in [-0.39, 0.29) is 30.3 Å². The lowest BCUT2D eigenvalue weighted by Gasteiger charge is -2.28. The molecule has 7 heteroatoms. The predicted octanol–water partition coefficient (Wildman–Crippen LogP) is 2.47. The van der Waals surface area contributed by atoms with Crippen LogP contribution in [0.3, 0.4) is 0 Å². The minimum absolute atomic E-state index is 0.0122. The van der Waals surface area contributed by atoms with Gasteiger partial charge in [0.1, 0.15) is 6.04 Å². The molecule has 1 aliphatic heterocycles. The third-order valence-electron chi connectivity index (χ3n) is 5.77. The maximum absolute atomic E-state index is 12.6. The first kappa shape index (κ1) is 18.5. The number of hydrogen-bond donors (Lipinski definition) is 3. The Kier molecular flexibility index (Phi) is 5.32. The SMILES string of the molecule is O=C(C[C@H]1NC(=O)N(C2CCCCC2)C1=O)NCCc1c[nH]c2ccccc12. The van der Waals surface area contributed by atoms with Gasteiger partial charge < -0.3 is 15.6 Å². The van der Waals surface area contributed by atoms with Gasteiger partial charge in [-0.05, 0) is 30.9 Å². The first-order valence-electron chi connectivity index (χ1n) is 10.1. The molecule has 1 aromatic carbocycles. The highest BCUT2D eigenvalue weighted by Crippen LogP contribution is 2.26. The van der Waals surface area contributed by atoms with Gasteiger partial charge in [-0.3, -0.25) is 14.5 Å². The Morgan fingerprint density at radius 1 is 1.14 bits per heavy atom. The lowest BCUT2D eigenvalue weighted by atomic mass is 9.94. The van der Waals surface area contributed by atoms with Crippen LogP contribution in [0, 0.1) is 0 Å². The molecule has 1 saturated heterocycles. The van der Waals surface area contributed by atoms with Gasteiger partial charge in [0.15, 0.2) is 0 Å². The van der Waals surface area contributed by atoms with Crippen LogP contribution in [0.1, 0.15) is 44.1 Å². The number of H-pyrrole nitrogens is 1. The van der Waals surface area contributed by atoms with Crippen molar-refractivity contribution in [2.45, 2.75) is 57.0 Å². The van der Waals surface area contributed by atoms with Gasteiger partial charge in [0, 0.05) is 29.7 Å². The second-order valence-electron chi connectivity index (χ2n) is 7.67. The molecule has 28 heavy (non-hydrogen) atoms. The topological polar surface area (TPSA) is 94.3 Å². The molecule has 0 spiro atoms. The molecule has 3 N–H and O–H groups in total. The Morgan fingerprint density at radius 2 is 1.93 bits per heavy atom. The average molecular weight is 382 g/mol. The van der Waals surface area contributed by atoms with Crippen molar-refractivity contribution >= 4 is 28.7 Å². The summed E-state index contributed by atoms with van der Waals surface area (Å²) in [5.74, 6) is -0.479. The second kappa shape index (κ2) is 8.04. The minimum atomic E-state index is -0.748. The van der Waals surface area contributed by atoms with Crippen molar-refractivity contribution < 1.29 is 14.4 Å². The number of amides is 4. The largest absolute Gasteiger partial charge is 0.361 e. The zero-order chi connectivity index (χ0) is 19.5. The van der Waals surface area contributed by atoms with E-state index in [0.717, 1.165) is 48.6 Å². The van der Waals surface area contributed by atoms with Gasteiger partial charge in [0.2, 0.25) is 5.91 Å². The summed E-state index contributed by atoms with van der Waals surface area (Å²) in [6.07, 6.45) is 7.62. The summed E-state index contributed by atoms with van der Waals surface area (Å²) in [5, 5.41) is 6.70. The first-order chi connectivity index (χ1) is 13.6. The van der Waals surface area contributed by atoms with Crippen molar-refractivity contribution in [2.24, 2.45) is 0 Å². The van der Waals surface area contributed by atoms with Crippen LogP contribution in [0.15, 0.2) is 30.5 Å². The Hall–Kier alpha value is -2.83. The van der Waals surface area contributed by atoms with E-state index in [4.69, 9.17) is 0 Å². The fourth-order valence-corrected chi connectivity index (χ4v) is 4.30. The number of imide groups is 1. The van der Waals surface area contributed by atoms with E-state index < -0.39 is 6.04 Å². The summed E-state index contributed by atoms with van der Waals surface area (Å²) in [7, 11) is 0. The molecule has 2 fully saturated rings. The van der Waals surface area contributed by atoms with Gasteiger partial charge >= 0.3 is 6.03 Å². The smallest absolute Gasteiger partial charge is 0.325 e. The number of para-hydroxylation sites is 1. The third kappa shape index (κ3) is 3.74. The molecule has 0 unspecified atom stereocenters. The molecular formula is C21H26N4O3. The summed E-state index contributed by atoms with van der Waals surface area (Å²) in [6.45, 7) is 0.488. The third-order valence-corrected chi connectivity index (χ3v) is 5.77. The maximum Gasteiger partial charge on any atom is 0.325 e. The normalized spacial score (nSPS) is 20.6. The summed E-state index contributed by atoms with van der Waals surface area (Å²) < 4.78 is 0. The lowest BCUT2D eigenvalue weighted by molar-refractivity contribution is -0.132. The molecule has 0 bridgehead atoms. The highest BCUT2D eigenvalue weighted by molar-refractivity contribution is 6.06. The van der Waals surface area contributed by atoms with Gasteiger partial charge in [-0.25, -0.2) is 4.79 Å². The highest BCUT2D eigenvalue weighted by Gasteiger charge is 2.42. The molecule has 2 aromatic rings. The van der Waals surface area contributed by atoms with Gasteiger partial charge in [-0.15, -0.1) is 0 Å². The number of carbonyl (C=O) groups is 3. The van der Waals surface area contributed by atoms with Crippen LogP contribution >= 0.6 is 0 Å². The van der Waals surface area contributed by atoms with Crippen LogP contribution in [-0.4, -0.2) is 46.4 Å². The molecule has 4 amide bonds. The Morgan fingerprint density at radius 3 is 2.75 bits per heavy atom. The van der Waals surface area contributed by atoms with Gasteiger partial charge in [0.25, 0.3) is 5.91 Å². The molecule has 1 aromatic heterocycles. The van der Waals surface area contributed by atoms with E-state index >= 15 is 0 Å². The van der Waals surface area contributed by atoms with E-state index in [1.165, 1.54) is 4.90 Å². The minimum Gasteiger partial charge on any atom is -0.361 e. The number of hydrogen-bond acceptors (Lipinski definition) is 3. The maximum atomic E-state index is 12.6. The van der Waals surface area contributed by atoms with Gasteiger partial charge in [0.05, 0.1) is 6.42 Å². The summed E-state index contributed by atoms with van der Waals surface area (Å²) in [4.78, 5) is 41.7. The van der Waals surface area contributed by atoms with Gasteiger partial charge in [-0.1, -0.05) is 37.5 Å². The number of rotatable bonds is 6. The molecule has 2 aliphatic rings. The van der Waals surface area contributed by atoms with Crippen LogP contribution in [0.2, 0.25) is 0 Å². The zero-order valence-corrected chi connectivity index (χ0v) is 15.9. The molecular weight excluding hydrogens is 356 g/mol. The van der Waals surface area contributed by atoms with E-state index in [0.29, 0.717) is 13.0 Å². The van der Waals surface area contributed by atoms with Crippen molar-refractivity contribution in [1.29, 1.82) is 0 Å². The van der Waals surface area contributed by atoms with Crippen molar-refractivity contribution in [3.8, 4) is 0 Å². The molecule has 7 nitrogen and oxygen atoms in total. The molecule has 148 valence electrons. The Balaban J connectivity index is 1.28. The van der Waals surface area contributed by atoms with E-state index in [2.05, 4.69) is 21.7 Å². The number of fused-ring (bicyclic) bond motifs is 1. The standard InChI is InChI=1S/C21H26N4O3/c26-19(22-11-10-14-13-23-17-9-5-4-8-16(14)17)12-18-20(27)25(21(28)24-18)15-6-2-1-3-7-15/h4-5,8-9,13,15,18,23H,1-3,6-7,10-12H2,(H,22,26)(H,24,28)/t18-/m1/s1. The number of carbonyl (C=O) groups excluding carboxylic acids is 3. The number of nitrogens with one attached hydrogen (secondary N) is 3. The van der Waals surface area contributed by atoms with Crippen LogP contribution < -0.4 is 10.6 Å². The second-order valence-corrected chi connectivity index (χ2v) is 7.67. The fraction of sp³-hybridized carbons (Fsp3) is 0.476. The summed E-state index contributed by atoms with van der Waals surface area (Å²) in [6, 6.07) is 6.92. The van der Waals surface area contributed by atoms with Crippen molar-refractivity contribution in [3.63, 3.8) is 0 Å². The quantitative estimate of drug-likeness (QED) is 0.670. The van der Waals surface area contributed by atoms with E-state index in [9.17, 15) is 14.4 Å². The number of aromatic amines is 1. The molecule has 2 heterocycles. The summed E-state index contributed by atoms with van der Waals surface area (Å²) >= 11 is 0. The molecule has 0 radical (unpaired) electrons. The number of aromatic nitrogens is 1. The molecule has 1 saturated carbocycles. The number of nitrogens with zero attached hydrogens (tertiary/aromatic N) is 1. The van der Waals surface area contributed by atoms with Gasteiger partial charge in [-0.2, -0.15) is 0 Å². The highest BCUT2D eigenvalue weighted by atomic mass is 16.2. The fourth-order valence-electron chi connectivity index (χ4n) is 4.30. The number of benzene rings is 1. The van der Waals surface area contributed by atoms with E-state index in [1.807, 2.05) is 24.4 Å². The number of urea groups is 1. The van der Waals surface area contributed by atoms with Crippen molar-refractivity contribution in [2.75, 3.05) is 6.54 Å². The molecule has 4 rings (SSSR count). The molecule has 1 aliphatic carbocycles. The predicted molar refractivity (Wildman–Crippen MR) is 106 cm³/mol.